The third-order valence-corrected chi connectivity index (χ3v) is 3.57. The summed E-state index contributed by atoms with van der Waals surface area (Å²) in [6.07, 6.45) is 4.19. The third kappa shape index (κ3) is 2.83. The van der Waals surface area contributed by atoms with Crippen molar-refractivity contribution in [2.75, 3.05) is 0 Å². The molecule has 3 heteroatoms. The maximum atomic E-state index is 6.75. The van der Waals surface area contributed by atoms with Gasteiger partial charge >= 0.3 is 0 Å². The van der Waals surface area contributed by atoms with E-state index in [-0.39, 0.29) is 0 Å². The van der Waals surface area contributed by atoms with Crippen molar-refractivity contribution >= 4 is 0 Å². The molecule has 2 N–H and O–H groups in total. The number of hydrogen-bond acceptors (Lipinski definition) is 3. The summed E-state index contributed by atoms with van der Waals surface area (Å²) in [5.74, 6) is 0. The molecule has 0 aliphatic heterocycles. The minimum absolute atomic E-state index is 0.655. The quantitative estimate of drug-likeness (QED) is 0.796. The van der Waals surface area contributed by atoms with Crippen molar-refractivity contribution in [1.29, 1.82) is 0 Å². The average molecular weight is 275 g/mol. The van der Waals surface area contributed by atoms with Crippen molar-refractivity contribution in [3.8, 4) is 0 Å². The van der Waals surface area contributed by atoms with E-state index in [1.54, 1.807) is 12.4 Å². The van der Waals surface area contributed by atoms with Crippen molar-refractivity contribution < 1.29 is 0 Å². The van der Waals surface area contributed by atoms with Crippen LogP contribution < -0.4 is 5.73 Å². The smallest absolute Gasteiger partial charge is 0.105 e. The van der Waals surface area contributed by atoms with Gasteiger partial charge in [0.05, 0.1) is 11.4 Å². The highest BCUT2D eigenvalue weighted by Gasteiger charge is 2.32. The molecule has 21 heavy (non-hydrogen) atoms. The van der Waals surface area contributed by atoms with Crippen LogP contribution in [-0.2, 0) is 12.0 Å². The molecule has 2 heterocycles. The molecule has 3 rings (SSSR count). The monoisotopic (exact) mass is 275 g/mol. The molecule has 0 bridgehead atoms. The van der Waals surface area contributed by atoms with Gasteiger partial charge in [-0.3, -0.25) is 9.97 Å². The Balaban J connectivity index is 2.07. The summed E-state index contributed by atoms with van der Waals surface area (Å²) in [6.45, 7) is 0. The zero-order valence-electron chi connectivity index (χ0n) is 11.7. The molecule has 2 aromatic heterocycles. The maximum absolute atomic E-state index is 6.75. The van der Waals surface area contributed by atoms with E-state index in [2.05, 4.69) is 22.1 Å². The topological polar surface area (TPSA) is 51.8 Å². The van der Waals surface area contributed by atoms with Crippen molar-refractivity contribution in [2.45, 2.75) is 12.0 Å². The normalized spacial score (nSPS) is 11.3. The largest absolute Gasteiger partial charge is 0.315 e. The lowest BCUT2D eigenvalue weighted by Gasteiger charge is -2.28. The first-order valence-electron chi connectivity index (χ1n) is 6.95. The van der Waals surface area contributed by atoms with E-state index in [0.29, 0.717) is 6.42 Å². The molecule has 3 aromatic rings. The van der Waals surface area contributed by atoms with Gasteiger partial charge in [-0.15, -0.1) is 0 Å². The van der Waals surface area contributed by atoms with E-state index < -0.39 is 5.54 Å². The summed E-state index contributed by atoms with van der Waals surface area (Å²) in [4.78, 5) is 8.92. The number of aromatic nitrogens is 2. The zero-order chi connectivity index (χ0) is 14.5. The van der Waals surface area contributed by atoms with Gasteiger partial charge in [0.25, 0.3) is 0 Å². The summed E-state index contributed by atoms with van der Waals surface area (Å²) in [5.41, 5.74) is 8.83. The molecule has 0 aliphatic carbocycles. The highest BCUT2D eigenvalue weighted by atomic mass is 14.9. The number of pyridine rings is 2. The standard InChI is InChI=1S/C18H17N3/c19-18(16-10-4-6-12-20-16,17-11-5-7-13-21-17)14-15-8-2-1-3-9-15/h1-13H,14,19H2. The van der Waals surface area contributed by atoms with Gasteiger partial charge < -0.3 is 5.73 Å². The van der Waals surface area contributed by atoms with Crippen LogP contribution in [0.2, 0.25) is 0 Å². The van der Waals surface area contributed by atoms with Gasteiger partial charge in [0.15, 0.2) is 0 Å². The van der Waals surface area contributed by atoms with Crippen LogP contribution in [0.4, 0.5) is 0 Å². The molecular weight excluding hydrogens is 258 g/mol. The van der Waals surface area contributed by atoms with Gasteiger partial charge in [-0.05, 0) is 29.8 Å². The zero-order valence-corrected chi connectivity index (χ0v) is 11.7. The fourth-order valence-electron chi connectivity index (χ4n) is 2.48. The number of rotatable bonds is 4. The van der Waals surface area contributed by atoms with E-state index in [4.69, 9.17) is 5.73 Å². The molecule has 0 aliphatic rings. The molecule has 0 radical (unpaired) electrons. The number of nitrogens with zero attached hydrogens (tertiary/aromatic N) is 2. The highest BCUT2D eigenvalue weighted by molar-refractivity contribution is 5.33. The molecule has 1 aromatic carbocycles. The first kappa shape index (κ1) is 13.5. The van der Waals surface area contributed by atoms with Crippen molar-refractivity contribution in [1.82, 2.24) is 9.97 Å². The second kappa shape index (κ2) is 5.85. The lowest BCUT2D eigenvalue weighted by atomic mass is 9.84. The molecule has 0 unspecified atom stereocenters. The van der Waals surface area contributed by atoms with Gasteiger partial charge in [0.1, 0.15) is 5.54 Å². The molecule has 0 saturated heterocycles. The van der Waals surface area contributed by atoms with Crippen LogP contribution in [0.25, 0.3) is 0 Å². The Morgan fingerprint density at radius 3 is 1.71 bits per heavy atom. The van der Waals surface area contributed by atoms with E-state index in [0.717, 1.165) is 17.0 Å². The van der Waals surface area contributed by atoms with Crippen LogP contribution in [-0.4, -0.2) is 9.97 Å². The van der Waals surface area contributed by atoms with E-state index in [9.17, 15) is 0 Å². The number of hydrogen-bond donors (Lipinski definition) is 1. The second-order valence-electron chi connectivity index (χ2n) is 5.06. The Kier molecular flexibility index (Phi) is 3.75. The Bertz CT molecular complexity index is 642. The van der Waals surface area contributed by atoms with Crippen LogP contribution >= 0.6 is 0 Å². The van der Waals surface area contributed by atoms with Crippen LogP contribution in [0, 0.1) is 0 Å². The van der Waals surface area contributed by atoms with Gasteiger partial charge in [-0.25, -0.2) is 0 Å². The molecule has 104 valence electrons. The molecule has 0 fully saturated rings. The van der Waals surface area contributed by atoms with E-state index >= 15 is 0 Å². The number of benzene rings is 1. The molecule has 0 atom stereocenters. The Morgan fingerprint density at radius 1 is 0.714 bits per heavy atom. The Labute approximate surface area is 124 Å². The molecule has 3 nitrogen and oxygen atoms in total. The number of nitrogens with two attached hydrogens (primary N) is 1. The van der Waals surface area contributed by atoms with Crippen LogP contribution in [0.3, 0.4) is 0 Å². The predicted octanol–water partition coefficient (Wildman–Crippen LogP) is 2.92. The highest BCUT2D eigenvalue weighted by Crippen LogP contribution is 2.27. The molecule has 0 amide bonds. The maximum Gasteiger partial charge on any atom is 0.105 e. The Hall–Kier alpha value is -2.52. The summed E-state index contributed by atoms with van der Waals surface area (Å²) in [5, 5.41) is 0. The summed E-state index contributed by atoms with van der Waals surface area (Å²) >= 11 is 0. The van der Waals surface area contributed by atoms with Crippen molar-refractivity contribution in [3.63, 3.8) is 0 Å². The first-order chi connectivity index (χ1) is 10.3. The predicted molar refractivity (Wildman–Crippen MR) is 83.6 cm³/mol. The lowest BCUT2D eigenvalue weighted by Crippen LogP contribution is -2.41. The fourth-order valence-corrected chi connectivity index (χ4v) is 2.48. The van der Waals surface area contributed by atoms with Crippen LogP contribution in [0.1, 0.15) is 17.0 Å². The van der Waals surface area contributed by atoms with Crippen molar-refractivity contribution in [3.05, 3.63) is 96.1 Å². The SMILES string of the molecule is NC(Cc1ccccc1)(c1ccccn1)c1ccccn1. The lowest BCUT2D eigenvalue weighted by molar-refractivity contribution is 0.502. The minimum Gasteiger partial charge on any atom is -0.315 e. The van der Waals surface area contributed by atoms with E-state index in [1.807, 2.05) is 54.6 Å². The van der Waals surface area contributed by atoms with Gasteiger partial charge in [0, 0.05) is 18.8 Å². The fraction of sp³-hybridized carbons (Fsp3) is 0.111. The minimum atomic E-state index is -0.732. The molecule has 0 spiro atoms. The average Bonchev–Trinajstić information content (AvgIpc) is 2.57. The van der Waals surface area contributed by atoms with Gasteiger partial charge in [0.2, 0.25) is 0 Å². The van der Waals surface area contributed by atoms with E-state index in [1.165, 1.54) is 0 Å². The van der Waals surface area contributed by atoms with Gasteiger partial charge in [-0.1, -0.05) is 42.5 Å². The first-order valence-corrected chi connectivity index (χ1v) is 6.95. The second-order valence-corrected chi connectivity index (χ2v) is 5.06. The summed E-state index contributed by atoms with van der Waals surface area (Å²) in [6, 6.07) is 21.8. The third-order valence-electron chi connectivity index (χ3n) is 3.57. The molecule has 0 saturated carbocycles. The Morgan fingerprint density at radius 2 is 1.24 bits per heavy atom. The molecular formula is C18H17N3. The summed E-state index contributed by atoms with van der Waals surface area (Å²) < 4.78 is 0. The van der Waals surface area contributed by atoms with Crippen LogP contribution in [0.15, 0.2) is 79.1 Å². The van der Waals surface area contributed by atoms with Crippen molar-refractivity contribution in [2.24, 2.45) is 5.73 Å². The summed E-state index contributed by atoms with van der Waals surface area (Å²) in [7, 11) is 0. The van der Waals surface area contributed by atoms with Gasteiger partial charge in [-0.2, -0.15) is 0 Å². The van der Waals surface area contributed by atoms with Crippen LogP contribution in [0.5, 0.6) is 0 Å².